The van der Waals surface area contributed by atoms with Crippen LogP contribution in [0.4, 0.5) is 5.82 Å². The molecule has 0 bridgehead atoms. The summed E-state index contributed by atoms with van der Waals surface area (Å²) in [6, 6.07) is 8.07. The van der Waals surface area contributed by atoms with Gasteiger partial charge in [-0.2, -0.15) is 0 Å². The quantitative estimate of drug-likeness (QED) is 0.780. The van der Waals surface area contributed by atoms with Gasteiger partial charge in [0, 0.05) is 24.1 Å². The molecule has 0 fully saturated rings. The number of fused-ring (bicyclic) bond motifs is 1. The van der Waals surface area contributed by atoms with Crippen molar-refractivity contribution in [3.05, 3.63) is 52.0 Å². The van der Waals surface area contributed by atoms with E-state index in [1.165, 1.54) is 0 Å². The van der Waals surface area contributed by atoms with Crippen molar-refractivity contribution in [3.63, 3.8) is 0 Å². The predicted molar refractivity (Wildman–Crippen MR) is 82.7 cm³/mol. The van der Waals surface area contributed by atoms with E-state index in [2.05, 4.69) is 31.2 Å². The Hall–Kier alpha value is -1.88. The van der Waals surface area contributed by atoms with Crippen molar-refractivity contribution in [2.24, 2.45) is 0 Å². The third-order valence-electron chi connectivity index (χ3n) is 3.06. The van der Waals surface area contributed by atoms with Crippen LogP contribution in [0.25, 0.3) is 11.1 Å². The maximum atomic E-state index is 5.54. The average molecular weight is 332 g/mol. The zero-order valence-corrected chi connectivity index (χ0v) is 12.9. The highest BCUT2D eigenvalue weighted by Gasteiger charge is 2.04. The highest BCUT2D eigenvalue weighted by atomic mass is 79.9. The molecule has 4 nitrogen and oxygen atoms in total. The first-order valence-electron chi connectivity index (χ1n) is 6.34. The van der Waals surface area contributed by atoms with Gasteiger partial charge in [0.2, 0.25) is 0 Å². The Kier molecular flexibility index (Phi) is 3.44. The maximum absolute atomic E-state index is 5.54. The molecular weight excluding hydrogens is 318 g/mol. The summed E-state index contributed by atoms with van der Waals surface area (Å²) in [6.07, 6.45) is 1.79. The van der Waals surface area contributed by atoms with Crippen LogP contribution >= 0.6 is 15.9 Å². The van der Waals surface area contributed by atoms with Crippen molar-refractivity contribution in [1.82, 2.24) is 9.97 Å². The summed E-state index contributed by atoms with van der Waals surface area (Å²) >= 11 is 3.41. The molecule has 0 aliphatic carbocycles. The van der Waals surface area contributed by atoms with Crippen LogP contribution in [0, 0.1) is 13.8 Å². The molecule has 102 valence electrons. The lowest BCUT2D eigenvalue weighted by atomic mass is 10.2. The SMILES string of the molecule is Cc1nc2ccc(CNc3ncc(Br)cc3C)cc2o1. The minimum atomic E-state index is 0.690. The number of halogens is 1. The Morgan fingerprint density at radius 2 is 2.10 bits per heavy atom. The molecule has 0 atom stereocenters. The van der Waals surface area contributed by atoms with Gasteiger partial charge in [-0.3, -0.25) is 0 Å². The summed E-state index contributed by atoms with van der Waals surface area (Å²) in [6.45, 7) is 4.58. The molecular formula is C15H14BrN3O. The lowest BCUT2D eigenvalue weighted by Crippen LogP contribution is -2.02. The van der Waals surface area contributed by atoms with Crippen molar-refractivity contribution in [2.45, 2.75) is 20.4 Å². The van der Waals surface area contributed by atoms with Crippen LogP contribution in [0.5, 0.6) is 0 Å². The standard InChI is InChI=1S/C15H14BrN3O/c1-9-5-12(16)8-18-15(9)17-7-11-3-4-13-14(6-11)20-10(2)19-13/h3-6,8H,7H2,1-2H3,(H,17,18). The van der Waals surface area contributed by atoms with Gasteiger partial charge in [0.15, 0.2) is 11.5 Å². The smallest absolute Gasteiger partial charge is 0.192 e. The number of benzene rings is 1. The molecule has 5 heteroatoms. The number of hydrogen-bond donors (Lipinski definition) is 1. The number of oxazole rings is 1. The molecule has 0 aliphatic rings. The van der Waals surface area contributed by atoms with Crippen molar-refractivity contribution >= 4 is 32.8 Å². The summed E-state index contributed by atoms with van der Waals surface area (Å²) < 4.78 is 6.52. The molecule has 3 aromatic rings. The normalized spacial score (nSPS) is 10.9. The molecule has 0 spiro atoms. The van der Waals surface area contributed by atoms with E-state index in [0.29, 0.717) is 12.4 Å². The first kappa shape index (κ1) is 13.1. The number of rotatable bonds is 3. The highest BCUT2D eigenvalue weighted by molar-refractivity contribution is 9.10. The van der Waals surface area contributed by atoms with Crippen LogP contribution in [-0.2, 0) is 6.54 Å². The summed E-state index contributed by atoms with van der Waals surface area (Å²) in [5, 5.41) is 3.33. The van der Waals surface area contributed by atoms with E-state index in [1.807, 2.05) is 38.1 Å². The number of nitrogens with zero attached hydrogens (tertiary/aromatic N) is 2. The number of aromatic nitrogens is 2. The lowest BCUT2D eigenvalue weighted by molar-refractivity contribution is 0.561. The molecule has 0 radical (unpaired) electrons. The Morgan fingerprint density at radius 3 is 2.90 bits per heavy atom. The second kappa shape index (κ2) is 5.25. The molecule has 2 heterocycles. The van der Waals surface area contributed by atoms with Crippen molar-refractivity contribution in [2.75, 3.05) is 5.32 Å². The third kappa shape index (κ3) is 2.67. The van der Waals surface area contributed by atoms with Gasteiger partial charge in [-0.1, -0.05) is 6.07 Å². The van der Waals surface area contributed by atoms with Crippen molar-refractivity contribution in [3.8, 4) is 0 Å². The Balaban J connectivity index is 1.79. The Labute approximate surface area is 125 Å². The van der Waals surface area contributed by atoms with Gasteiger partial charge >= 0.3 is 0 Å². The fraction of sp³-hybridized carbons (Fsp3) is 0.200. The largest absolute Gasteiger partial charge is 0.441 e. The van der Waals surface area contributed by atoms with Gasteiger partial charge in [-0.15, -0.1) is 0 Å². The molecule has 3 rings (SSSR count). The molecule has 0 unspecified atom stereocenters. The molecule has 0 saturated heterocycles. The summed E-state index contributed by atoms with van der Waals surface area (Å²) in [5.74, 6) is 1.58. The van der Waals surface area contributed by atoms with Crippen LogP contribution in [0.2, 0.25) is 0 Å². The van der Waals surface area contributed by atoms with Gasteiger partial charge in [0.25, 0.3) is 0 Å². The molecule has 2 aromatic heterocycles. The van der Waals surface area contributed by atoms with E-state index < -0.39 is 0 Å². The van der Waals surface area contributed by atoms with E-state index in [9.17, 15) is 0 Å². The summed E-state index contributed by atoms with van der Waals surface area (Å²) in [5.41, 5.74) is 3.96. The molecule has 1 N–H and O–H groups in total. The molecule has 20 heavy (non-hydrogen) atoms. The van der Waals surface area contributed by atoms with Crippen LogP contribution in [0.3, 0.4) is 0 Å². The predicted octanol–water partition coefficient (Wildman–Crippen LogP) is 4.21. The van der Waals surface area contributed by atoms with E-state index in [4.69, 9.17) is 4.42 Å². The minimum Gasteiger partial charge on any atom is -0.441 e. The van der Waals surface area contributed by atoms with Crippen LogP contribution in [-0.4, -0.2) is 9.97 Å². The Morgan fingerprint density at radius 1 is 1.25 bits per heavy atom. The maximum Gasteiger partial charge on any atom is 0.192 e. The summed E-state index contributed by atoms with van der Waals surface area (Å²) in [7, 11) is 0. The molecule has 1 aromatic carbocycles. The number of aryl methyl sites for hydroxylation is 2. The average Bonchev–Trinajstić information content (AvgIpc) is 2.77. The van der Waals surface area contributed by atoms with Crippen LogP contribution < -0.4 is 5.32 Å². The van der Waals surface area contributed by atoms with Gasteiger partial charge < -0.3 is 9.73 Å². The Bertz CT molecular complexity index is 767. The van der Waals surface area contributed by atoms with Crippen molar-refractivity contribution in [1.29, 1.82) is 0 Å². The number of anilines is 1. The van der Waals surface area contributed by atoms with Gasteiger partial charge in [-0.05, 0) is 52.2 Å². The monoisotopic (exact) mass is 331 g/mol. The van der Waals surface area contributed by atoms with E-state index in [0.717, 1.165) is 32.5 Å². The lowest BCUT2D eigenvalue weighted by Gasteiger charge is -2.08. The third-order valence-corrected chi connectivity index (χ3v) is 3.50. The second-order valence-corrected chi connectivity index (χ2v) is 5.62. The first-order valence-corrected chi connectivity index (χ1v) is 7.13. The molecule has 0 saturated carbocycles. The van der Waals surface area contributed by atoms with Crippen LogP contribution in [0.1, 0.15) is 17.0 Å². The number of hydrogen-bond acceptors (Lipinski definition) is 4. The first-order chi connectivity index (χ1) is 9.61. The highest BCUT2D eigenvalue weighted by Crippen LogP contribution is 2.20. The van der Waals surface area contributed by atoms with E-state index in [1.54, 1.807) is 6.20 Å². The van der Waals surface area contributed by atoms with E-state index >= 15 is 0 Å². The molecule has 0 aliphatic heterocycles. The van der Waals surface area contributed by atoms with Crippen molar-refractivity contribution < 1.29 is 4.42 Å². The second-order valence-electron chi connectivity index (χ2n) is 4.71. The number of nitrogens with one attached hydrogen (secondary N) is 1. The van der Waals surface area contributed by atoms with E-state index in [-0.39, 0.29) is 0 Å². The fourth-order valence-corrected chi connectivity index (χ4v) is 2.55. The van der Waals surface area contributed by atoms with Crippen LogP contribution in [0.15, 0.2) is 39.4 Å². The van der Waals surface area contributed by atoms with Gasteiger partial charge in [0.1, 0.15) is 11.3 Å². The topological polar surface area (TPSA) is 51.0 Å². The zero-order valence-electron chi connectivity index (χ0n) is 11.3. The van der Waals surface area contributed by atoms with Gasteiger partial charge in [-0.25, -0.2) is 9.97 Å². The fourth-order valence-electron chi connectivity index (χ4n) is 2.11. The van der Waals surface area contributed by atoms with Gasteiger partial charge in [0.05, 0.1) is 0 Å². The number of pyridine rings is 1. The summed E-state index contributed by atoms with van der Waals surface area (Å²) in [4.78, 5) is 8.66. The zero-order chi connectivity index (χ0) is 14.1. The minimum absolute atomic E-state index is 0.690. The molecule has 0 amide bonds.